The Morgan fingerprint density at radius 2 is 1.71 bits per heavy atom. The summed E-state index contributed by atoms with van der Waals surface area (Å²) in [6.07, 6.45) is 0. The van der Waals surface area contributed by atoms with Crippen molar-refractivity contribution >= 4 is 0 Å². The molecule has 0 saturated heterocycles. The van der Waals surface area contributed by atoms with E-state index >= 15 is 0 Å². The molecule has 1 aromatic rings. The third-order valence-electron chi connectivity index (χ3n) is 1.21. The van der Waals surface area contributed by atoms with Crippen molar-refractivity contribution in [2.45, 2.75) is 13.2 Å². The standard InChI is InChI=1S/C8H5F4O2/c9-7(10)13-5-3-1-2-4-6(5)14-8(11)12/h1-3,7-8H. The van der Waals surface area contributed by atoms with E-state index in [1.165, 1.54) is 12.1 Å². The Morgan fingerprint density at radius 1 is 1.07 bits per heavy atom. The van der Waals surface area contributed by atoms with Gasteiger partial charge in [0.25, 0.3) is 0 Å². The van der Waals surface area contributed by atoms with Crippen LogP contribution in [0.1, 0.15) is 0 Å². The summed E-state index contributed by atoms with van der Waals surface area (Å²) < 4.78 is 54.8. The molecule has 0 unspecified atom stereocenters. The van der Waals surface area contributed by atoms with E-state index in [0.29, 0.717) is 0 Å². The highest BCUT2D eigenvalue weighted by atomic mass is 19.3. The van der Waals surface area contributed by atoms with Gasteiger partial charge in [-0.2, -0.15) is 17.6 Å². The molecule has 1 radical (unpaired) electrons. The van der Waals surface area contributed by atoms with Gasteiger partial charge >= 0.3 is 13.2 Å². The zero-order chi connectivity index (χ0) is 10.6. The van der Waals surface area contributed by atoms with Gasteiger partial charge < -0.3 is 9.47 Å². The third-order valence-corrected chi connectivity index (χ3v) is 1.21. The molecule has 0 N–H and O–H groups in total. The van der Waals surface area contributed by atoms with Gasteiger partial charge in [0, 0.05) is 6.07 Å². The van der Waals surface area contributed by atoms with Crippen LogP contribution in [0.3, 0.4) is 0 Å². The lowest BCUT2D eigenvalue weighted by Gasteiger charge is -2.10. The van der Waals surface area contributed by atoms with Crippen molar-refractivity contribution in [3.05, 3.63) is 24.3 Å². The fraction of sp³-hybridized carbons (Fsp3) is 0.250. The SMILES string of the molecule is FC(F)Oc1[c]cccc1OC(F)F. The molecule has 0 aromatic heterocycles. The first kappa shape index (κ1) is 10.6. The molecule has 2 nitrogen and oxygen atoms in total. The van der Waals surface area contributed by atoms with E-state index in [1.807, 2.05) is 0 Å². The van der Waals surface area contributed by atoms with Crippen LogP contribution in [0.5, 0.6) is 11.5 Å². The number of hydrogen-bond donors (Lipinski definition) is 0. The number of ether oxygens (including phenoxy) is 2. The molecule has 6 heteroatoms. The van der Waals surface area contributed by atoms with Crippen molar-refractivity contribution in [2.75, 3.05) is 0 Å². The predicted molar refractivity (Wildman–Crippen MR) is 38.5 cm³/mol. The minimum absolute atomic E-state index is 0.470. The van der Waals surface area contributed by atoms with Crippen molar-refractivity contribution < 1.29 is 27.0 Å². The zero-order valence-electron chi connectivity index (χ0n) is 6.72. The highest BCUT2D eigenvalue weighted by Gasteiger charge is 2.13. The number of halogens is 4. The summed E-state index contributed by atoms with van der Waals surface area (Å²) >= 11 is 0. The lowest BCUT2D eigenvalue weighted by molar-refractivity contribution is -0.0693. The van der Waals surface area contributed by atoms with Gasteiger partial charge in [0.1, 0.15) is 0 Å². The van der Waals surface area contributed by atoms with E-state index in [9.17, 15) is 17.6 Å². The van der Waals surface area contributed by atoms with Gasteiger partial charge in [-0.1, -0.05) is 12.1 Å². The summed E-state index contributed by atoms with van der Waals surface area (Å²) in [5, 5.41) is 0. The highest BCUT2D eigenvalue weighted by molar-refractivity contribution is 5.38. The van der Waals surface area contributed by atoms with Crippen molar-refractivity contribution in [2.24, 2.45) is 0 Å². The van der Waals surface area contributed by atoms with Crippen LogP contribution < -0.4 is 9.47 Å². The Morgan fingerprint density at radius 3 is 2.29 bits per heavy atom. The van der Waals surface area contributed by atoms with Crippen molar-refractivity contribution in [1.29, 1.82) is 0 Å². The molecule has 0 amide bonds. The van der Waals surface area contributed by atoms with Gasteiger partial charge in [0.05, 0.1) is 0 Å². The smallest absolute Gasteiger partial charge is 0.387 e. The van der Waals surface area contributed by atoms with Crippen molar-refractivity contribution in [3.63, 3.8) is 0 Å². The number of rotatable bonds is 4. The molecule has 0 saturated carbocycles. The number of alkyl halides is 4. The number of para-hydroxylation sites is 1. The van der Waals surface area contributed by atoms with Crippen molar-refractivity contribution in [1.82, 2.24) is 0 Å². The topological polar surface area (TPSA) is 18.5 Å². The summed E-state index contributed by atoms with van der Waals surface area (Å²) in [5.74, 6) is -1.01. The summed E-state index contributed by atoms with van der Waals surface area (Å²) in [7, 11) is 0. The van der Waals surface area contributed by atoms with E-state index < -0.39 is 24.7 Å². The normalized spacial score (nSPS) is 10.7. The average Bonchev–Trinajstić information content (AvgIpc) is 2.06. The van der Waals surface area contributed by atoms with Gasteiger partial charge in [-0.25, -0.2) is 0 Å². The lowest BCUT2D eigenvalue weighted by Crippen LogP contribution is -2.07. The van der Waals surface area contributed by atoms with Gasteiger partial charge in [-0.05, 0) is 6.07 Å². The summed E-state index contributed by atoms with van der Waals surface area (Å²) in [4.78, 5) is 0. The van der Waals surface area contributed by atoms with Crippen LogP contribution in [0.2, 0.25) is 0 Å². The lowest BCUT2D eigenvalue weighted by atomic mass is 10.3. The molecule has 0 aliphatic heterocycles. The molecule has 1 aromatic carbocycles. The van der Waals surface area contributed by atoms with E-state index in [1.54, 1.807) is 0 Å². The van der Waals surface area contributed by atoms with Crippen LogP contribution in [-0.2, 0) is 0 Å². The highest BCUT2D eigenvalue weighted by Crippen LogP contribution is 2.28. The maximum Gasteiger partial charge on any atom is 0.387 e. The Hall–Kier alpha value is -1.46. The molecule has 0 heterocycles. The first-order valence-electron chi connectivity index (χ1n) is 3.50. The zero-order valence-corrected chi connectivity index (χ0v) is 6.72. The van der Waals surface area contributed by atoms with E-state index in [0.717, 1.165) is 6.07 Å². The molecular formula is C8H5F4O2. The molecule has 0 spiro atoms. The Balaban J connectivity index is 2.80. The average molecular weight is 209 g/mol. The Kier molecular flexibility index (Phi) is 3.55. The molecule has 77 valence electrons. The summed E-state index contributed by atoms with van der Waals surface area (Å²) in [6.45, 7) is -6.19. The second-order valence-corrected chi connectivity index (χ2v) is 2.12. The predicted octanol–water partition coefficient (Wildman–Crippen LogP) is 2.69. The van der Waals surface area contributed by atoms with Crippen LogP contribution in [0.15, 0.2) is 18.2 Å². The quantitative estimate of drug-likeness (QED) is 0.709. The molecule has 0 atom stereocenters. The van der Waals surface area contributed by atoms with Crippen LogP contribution in [0.4, 0.5) is 17.6 Å². The van der Waals surface area contributed by atoms with Gasteiger partial charge in [-0.3, -0.25) is 0 Å². The third kappa shape index (κ3) is 3.12. The fourth-order valence-corrected chi connectivity index (χ4v) is 0.776. The summed E-state index contributed by atoms with van der Waals surface area (Å²) in [5.41, 5.74) is 0. The molecule has 14 heavy (non-hydrogen) atoms. The van der Waals surface area contributed by atoms with E-state index in [2.05, 4.69) is 15.5 Å². The number of benzene rings is 1. The van der Waals surface area contributed by atoms with Gasteiger partial charge in [0.15, 0.2) is 11.5 Å². The van der Waals surface area contributed by atoms with Gasteiger partial charge in [-0.15, -0.1) is 0 Å². The Bertz CT molecular complexity index is 261. The molecule has 0 aliphatic rings. The minimum Gasteiger partial charge on any atom is -0.431 e. The molecule has 0 bridgehead atoms. The molecule has 0 fully saturated rings. The van der Waals surface area contributed by atoms with Gasteiger partial charge in [0.2, 0.25) is 0 Å². The molecule has 1 rings (SSSR count). The van der Waals surface area contributed by atoms with Crippen LogP contribution in [0, 0.1) is 6.07 Å². The fourth-order valence-electron chi connectivity index (χ4n) is 0.776. The van der Waals surface area contributed by atoms with Crippen LogP contribution >= 0.6 is 0 Å². The maximum atomic E-state index is 11.8. The van der Waals surface area contributed by atoms with Crippen LogP contribution in [0.25, 0.3) is 0 Å². The monoisotopic (exact) mass is 209 g/mol. The molecule has 0 aliphatic carbocycles. The van der Waals surface area contributed by atoms with E-state index in [-0.39, 0.29) is 0 Å². The first-order valence-corrected chi connectivity index (χ1v) is 3.50. The largest absolute Gasteiger partial charge is 0.431 e. The molecular weight excluding hydrogens is 204 g/mol. The second-order valence-electron chi connectivity index (χ2n) is 2.12. The minimum atomic E-state index is -3.10. The first-order chi connectivity index (χ1) is 6.59. The maximum absolute atomic E-state index is 11.8. The Labute approximate surface area is 77.1 Å². The van der Waals surface area contributed by atoms with Crippen LogP contribution in [-0.4, -0.2) is 13.2 Å². The second kappa shape index (κ2) is 4.69. The number of hydrogen-bond acceptors (Lipinski definition) is 2. The van der Waals surface area contributed by atoms with E-state index in [4.69, 9.17) is 0 Å². The summed E-state index contributed by atoms with van der Waals surface area (Å²) in [6, 6.07) is 5.86. The van der Waals surface area contributed by atoms with Crippen molar-refractivity contribution in [3.8, 4) is 11.5 Å².